The van der Waals surface area contributed by atoms with Gasteiger partial charge in [-0.15, -0.1) is 0 Å². The van der Waals surface area contributed by atoms with E-state index in [0.29, 0.717) is 0 Å². The van der Waals surface area contributed by atoms with Crippen molar-refractivity contribution >= 4 is 23.0 Å². The van der Waals surface area contributed by atoms with Gasteiger partial charge in [0.05, 0.1) is 15.9 Å². The molecule has 0 aliphatic rings. The van der Waals surface area contributed by atoms with Crippen LogP contribution in [0.3, 0.4) is 0 Å². The highest BCUT2D eigenvalue weighted by atomic mass is 16.6. The van der Waals surface area contributed by atoms with Crippen LogP contribution in [0.4, 0.5) is 17.1 Å². The first kappa shape index (κ1) is 13.3. The Hall–Kier alpha value is -2.77. The SMILES string of the molecule is CC=CC(=O)Nc1ccc([N+](=O)[O-])cc1[N+](=O)[O-]. The smallest absolute Gasteiger partial charge is 0.299 e. The molecule has 0 aliphatic carbocycles. The van der Waals surface area contributed by atoms with Gasteiger partial charge >= 0.3 is 0 Å². The summed E-state index contributed by atoms with van der Waals surface area (Å²) < 4.78 is 0. The lowest BCUT2D eigenvalue weighted by molar-refractivity contribution is -0.393. The summed E-state index contributed by atoms with van der Waals surface area (Å²) in [6, 6.07) is 3.00. The largest absolute Gasteiger partial charge is 0.317 e. The number of nitrogens with zero attached hydrogens (tertiary/aromatic N) is 2. The molecule has 1 aromatic rings. The maximum Gasteiger partial charge on any atom is 0.299 e. The molecule has 8 heteroatoms. The summed E-state index contributed by atoms with van der Waals surface area (Å²) in [5, 5.41) is 23.5. The number of nitro groups is 2. The van der Waals surface area contributed by atoms with Crippen LogP contribution in [0, 0.1) is 20.2 Å². The highest BCUT2D eigenvalue weighted by molar-refractivity contribution is 6.00. The molecule has 0 bridgehead atoms. The summed E-state index contributed by atoms with van der Waals surface area (Å²) in [6.45, 7) is 1.61. The van der Waals surface area contributed by atoms with Crippen molar-refractivity contribution < 1.29 is 14.6 Å². The van der Waals surface area contributed by atoms with Crippen LogP contribution in [0.2, 0.25) is 0 Å². The van der Waals surface area contributed by atoms with Crippen LogP contribution in [-0.2, 0) is 4.79 Å². The highest BCUT2D eigenvalue weighted by Gasteiger charge is 2.20. The van der Waals surface area contributed by atoms with Gasteiger partial charge in [-0.3, -0.25) is 25.0 Å². The van der Waals surface area contributed by atoms with E-state index < -0.39 is 27.1 Å². The van der Waals surface area contributed by atoms with E-state index in [1.807, 2.05) is 0 Å². The summed E-state index contributed by atoms with van der Waals surface area (Å²) in [6.07, 6.45) is 2.65. The highest BCUT2D eigenvalue weighted by Crippen LogP contribution is 2.28. The van der Waals surface area contributed by atoms with Gasteiger partial charge in [-0.05, 0) is 19.1 Å². The van der Waals surface area contributed by atoms with Crippen molar-refractivity contribution in [3.63, 3.8) is 0 Å². The Morgan fingerprint density at radius 1 is 1.28 bits per heavy atom. The first-order valence-electron chi connectivity index (χ1n) is 4.82. The van der Waals surface area contributed by atoms with Crippen LogP contribution in [-0.4, -0.2) is 15.8 Å². The minimum Gasteiger partial charge on any atom is -0.317 e. The van der Waals surface area contributed by atoms with E-state index in [0.717, 1.165) is 18.2 Å². The zero-order chi connectivity index (χ0) is 13.7. The second kappa shape index (κ2) is 5.53. The van der Waals surface area contributed by atoms with Crippen molar-refractivity contribution in [3.8, 4) is 0 Å². The summed E-state index contributed by atoms with van der Waals surface area (Å²) in [7, 11) is 0. The fourth-order valence-corrected chi connectivity index (χ4v) is 1.22. The quantitative estimate of drug-likeness (QED) is 0.499. The number of anilines is 1. The van der Waals surface area contributed by atoms with E-state index >= 15 is 0 Å². The number of carbonyl (C=O) groups is 1. The molecule has 0 aromatic heterocycles. The van der Waals surface area contributed by atoms with Gasteiger partial charge < -0.3 is 5.32 Å². The van der Waals surface area contributed by atoms with Gasteiger partial charge in [-0.25, -0.2) is 0 Å². The fourth-order valence-electron chi connectivity index (χ4n) is 1.22. The van der Waals surface area contributed by atoms with Crippen LogP contribution in [0.15, 0.2) is 30.4 Å². The van der Waals surface area contributed by atoms with Crippen molar-refractivity contribution in [3.05, 3.63) is 50.6 Å². The predicted octanol–water partition coefficient (Wildman–Crippen LogP) is 2.02. The van der Waals surface area contributed by atoms with Gasteiger partial charge in [-0.1, -0.05) is 6.08 Å². The molecule has 0 spiro atoms. The molecule has 1 aromatic carbocycles. The van der Waals surface area contributed by atoms with Crippen molar-refractivity contribution in [1.82, 2.24) is 0 Å². The van der Waals surface area contributed by atoms with Crippen LogP contribution in [0.5, 0.6) is 0 Å². The second-order valence-electron chi connectivity index (χ2n) is 3.20. The average molecular weight is 251 g/mol. The normalized spacial score (nSPS) is 10.3. The molecule has 1 rings (SSSR count). The topological polar surface area (TPSA) is 115 Å². The minimum absolute atomic E-state index is 0.0892. The molecule has 94 valence electrons. The Balaban J connectivity index is 3.15. The first-order valence-corrected chi connectivity index (χ1v) is 4.82. The van der Waals surface area contributed by atoms with Crippen LogP contribution >= 0.6 is 0 Å². The number of nitro benzene ring substituents is 2. The number of non-ortho nitro benzene ring substituents is 1. The standard InChI is InChI=1S/C10H9N3O5/c1-2-3-10(14)11-8-5-4-7(12(15)16)6-9(8)13(17)18/h2-6H,1H3,(H,11,14). The fraction of sp³-hybridized carbons (Fsp3) is 0.100. The number of benzene rings is 1. The molecule has 0 saturated carbocycles. The van der Waals surface area contributed by atoms with E-state index in [9.17, 15) is 25.0 Å². The monoisotopic (exact) mass is 251 g/mol. The molecular formula is C10H9N3O5. The lowest BCUT2D eigenvalue weighted by Crippen LogP contribution is -2.09. The van der Waals surface area contributed by atoms with Crippen LogP contribution < -0.4 is 5.32 Å². The Bertz CT molecular complexity index is 538. The lowest BCUT2D eigenvalue weighted by Gasteiger charge is -2.03. The van der Waals surface area contributed by atoms with E-state index in [2.05, 4.69) is 5.32 Å². The third kappa shape index (κ3) is 3.11. The van der Waals surface area contributed by atoms with Gasteiger partial charge in [0.25, 0.3) is 11.4 Å². The molecular weight excluding hydrogens is 242 g/mol. The van der Waals surface area contributed by atoms with E-state index in [1.165, 1.54) is 12.2 Å². The van der Waals surface area contributed by atoms with Crippen molar-refractivity contribution in [2.75, 3.05) is 5.32 Å². The number of rotatable bonds is 4. The third-order valence-electron chi connectivity index (χ3n) is 1.96. The molecule has 1 N–H and O–H groups in total. The summed E-state index contributed by atoms with van der Waals surface area (Å²) in [4.78, 5) is 31.0. The predicted molar refractivity (Wildman–Crippen MR) is 63.2 cm³/mol. The number of amides is 1. The van der Waals surface area contributed by atoms with E-state index in [1.54, 1.807) is 6.92 Å². The van der Waals surface area contributed by atoms with Crippen LogP contribution in [0.1, 0.15) is 6.92 Å². The maximum atomic E-state index is 11.3. The molecule has 0 aliphatic heterocycles. The number of hydrogen-bond donors (Lipinski definition) is 1. The molecule has 8 nitrogen and oxygen atoms in total. The number of nitrogens with one attached hydrogen (secondary N) is 1. The molecule has 0 fully saturated rings. The Morgan fingerprint density at radius 2 is 1.94 bits per heavy atom. The minimum atomic E-state index is -0.793. The van der Waals surface area contributed by atoms with Gasteiger partial charge in [-0.2, -0.15) is 0 Å². The summed E-state index contributed by atoms with van der Waals surface area (Å²) in [5.41, 5.74) is -1.03. The van der Waals surface area contributed by atoms with Crippen molar-refractivity contribution in [1.29, 1.82) is 0 Å². The summed E-state index contributed by atoms with van der Waals surface area (Å²) >= 11 is 0. The Labute approximate surface area is 101 Å². The zero-order valence-electron chi connectivity index (χ0n) is 9.32. The van der Waals surface area contributed by atoms with Crippen LogP contribution in [0.25, 0.3) is 0 Å². The number of hydrogen-bond acceptors (Lipinski definition) is 5. The summed E-state index contributed by atoms with van der Waals surface area (Å²) in [5.74, 6) is -0.547. The Kier molecular flexibility index (Phi) is 4.08. The molecule has 0 saturated heterocycles. The zero-order valence-corrected chi connectivity index (χ0v) is 9.32. The molecule has 0 radical (unpaired) electrons. The molecule has 0 unspecified atom stereocenters. The van der Waals surface area contributed by atoms with Gasteiger partial charge in [0, 0.05) is 6.07 Å². The molecule has 0 atom stereocenters. The number of allylic oxidation sites excluding steroid dienone is 1. The van der Waals surface area contributed by atoms with E-state index in [-0.39, 0.29) is 5.69 Å². The number of carbonyl (C=O) groups excluding carboxylic acids is 1. The molecule has 0 heterocycles. The van der Waals surface area contributed by atoms with Gasteiger partial charge in [0.15, 0.2) is 0 Å². The second-order valence-corrected chi connectivity index (χ2v) is 3.20. The third-order valence-corrected chi connectivity index (χ3v) is 1.96. The molecule has 18 heavy (non-hydrogen) atoms. The van der Waals surface area contributed by atoms with Crippen molar-refractivity contribution in [2.24, 2.45) is 0 Å². The maximum absolute atomic E-state index is 11.3. The average Bonchev–Trinajstić information content (AvgIpc) is 2.29. The van der Waals surface area contributed by atoms with Crippen molar-refractivity contribution in [2.45, 2.75) is 6.92 Å². The van der Waals surface area contributed by atoms with Gasteiger partial charge in [0.1, 0.15) is 5.69 Å². The molecule has 1 amide bonds. The Morgan fingerprint density at radius 3 is 2.44 bits per heavy atom. The van der Waals surface area contributed by atoms with E-state index in [4.69, 9.17) is 0 Å². The van der Waals surface area contributed by atoms with Gasteiger partial charge in [0.2, 0.25) is 5.91 Å². The lowest BCUT2D eigenvalue weighted by atomic mass is 10.2. The first-order chi connectivity index (χ1) is 8.45.